The molecular weight excluding hydrogens is 346 g/mol. The van der Waals surface area contributed by atoms with Crippen LogP contribution in [0, 0.1) is 5.92 Å². The van der Waals surface area contributed by atoms with Gasteiger partial charge < -0.3 is 15.0 Å². The third-order valence-corrected chi connectivity index (χ3v) is 6.79. The van der Waals surface area contributed by atoms with Crippen LogP contribution in [0.15, 0.2) is 10.9 Å². The molecule has 25 heavy (non-hydrogen) atoms. The molecule has 1 aliphatic heterocycles. The van der Waals surface area contributed by atoms with Gasteiger partial charge in [0.15, 0.2) is 0 Å². The highest BCUT2D eigenvalue weighted by Crippen LogP contribution is 2.20. The number of amides is 1. The van der Waals surface area contributed by atoms with E-state index in [4.69, 9.17) is 4.74 Å². The number of aryl methyl sites for hydroxylation is 2. The number of ether oxygens (including phenoxy) is 1. The van der Waals surface area contributed by atoms with Crippen molar-refractivity contribution in [3.05, 3.63) is 33.2 Å². The summed E-state index contributed by atoms with van der Waals surface area (Å²) in [6.45, 7) is 0.501. The molecule has 1 fully saturated rings. The predicted octanol–water partition coefficient (Wildman–Crippen LogP) is -0.500. The SMILES string of the molecule is CN(C)S(=O)(=O)C[C@@H]1COC[C@H]1NC(=O)c1cc2c([nH]c1=O)CCC2. The second-order valence-corrected chi connectivity index (χ2v) is 9.04. The van der Waals surface area contributed by atoms with Crippen LogP contribution in [0.2, 0.25) is 0 Å². The Bertz CT molecular complexity index is 831. The third kappa shape index (κ3) is 3.78. The fourth-order valence-electron chi connectivity index (χ4n) is 3.27. The fourth-order valence-corrected chi connectivity index (χ4v) is 4.44. The van der Waals surface area contributed by atoms with E-state index < -0.39 is 27.5 Å². The number of nitrogens with one attached hydrogen (secondary N) is 2. The van der Waals surface area contributed by atoms with Gasteiger partial charge in [-0.25, -0.2) is 12.7 Å². The van der Waals surface area contributed by atoms with Crippen molar-refractivity contribution in [2.75, 3.05) is 33.1 Å². The molecule has 1 aromatic heterocycles. The van der Waals surface area contributed by atoms with E-state index in [2.05, 4.69) is 10.3 Å². The molecule has 1 aliphatic carbocycles. The second kappa shape index (κ2) is 6.89. The van der Waals surface area contributed by atoms with Crippen LogP contribution in [0.4, 0.5) is 0 Å². The first kappa shape index (κ1) is 18.1. The van der Waals surface area contributed by atoms with Gasteiger partial charge in [0.2, 0.25) is 10.0 Å². The molecule has 2 heterocycles. The number of aromatic nitrogens is 1. The van der Waals surface area contributed by atoms with Gasteiger partial charge in [-0.15, -0.1) is 0 Å². The number of aromatic amines is 1. The number of pyridine rings is 1. The Hall–Kier alpha value is -1.71. The second-order valence-electron chi connectivity index (χ2n) is 6.81. The summed E-state index contributed by atoms with van der Waals surface area (Å²) in [6, 6.07) is 1.22. The van der Waals surface area contributed by atoms with Crippen LogP contribution in [0.1, 0.15) is 28.0 Å². The lowest BCUT2D eigenvalue weighted by molar-refractivity contribution is 0.0924. The lowest BCUT2D eigenvalue weighted by Crippen LogP contribution is -2.44. The Labute approximate surface area is 146 Å². The molecule has 0 aromatic carbocycles. The topological polar surface area (TPSA) is 109 Å². The van der Waals surface area contributed by atoms with E-state index in [9.17, 15) is 18.0 Å². The number of rotatable bonds is 5. The molecule has 1 aromatic rings. The monoisotopic (exact) mass is 369 g/mol. The fraction of sp³-hybridized carbons (Fsp3) is 0.625. The molecule has 0 bridgehead atoms. The number of H-pyrrole nitrogens is 1. The molecule has 0 unspecified atom stereocenters. The van der Waals surface area contributed by atoms with Crippen molar-refractivity contribution in [1.82, 2.24) is 14.6 Å². The number of hydrogen-bond acceptors (Lipinski definition) is 5. The highest BCUT2D eigenvalue weighted by Gasteiger charge is 2.34. The maximum atomic E-state index is 12.5. The van der Waals surface area contributed by atoms with Gasteiger partial charge in [0, 0.05) is 25.7 Å². The summed E-state index contributed by atoms with van der Waals surface area (Å²) in [5.74, 6) is -0.936. The van der Waals surface area contributed by atoms with E-state index >= 15 is 0 Å². The zero-order valence-electron chi connectivity index (χ0n) is 14.4. The first-order chi connectivity index (χ1) is 11.8. The van der Waals surface area contributed by atoms with Crippen LogP contribution in [0.25, 0.3) is 0 Å². The minimum Gasteiger partial charge on any atom is -0.379 e. The van der Waals surface area contributed by atoms with Crippen LogP contribution >= 0.6 is 0 Å². The van der Waals surface area contributed by atoms with Crippen LogP contribution in [-0.4, -0.2) is 62.7 Å². The van der Waals surface area contributed by atoms with Gasteiger partial charge >= 0.3 is 0 Å². The summed E-state index contributed by atoms with van der Waals surface area (Å²) in [7, 11) is -0.447. The van der Waals surface area contributed by atoms with Crippen molar-refractivity contribution in [2.45, 2.75) is 25.3 Å². The maximum Gasteiger partial charge on any atom is 0.261 e. The van der Waals surface area contributed by atoms with E-state index in [1.54, 1.807) is 6.07 Å². The molecular formula is C16H23N3O5S. The molecule has 2 aliphatic rings. The van der Waals surface area contributed by atoms with E-state index in [1.807, 2.05) is 0 Å². The Morgan fingerprint density at radius 1 is 1.36 bits per heavy atom. The smallest absolute Gasteiger partial charge is 0.261 e. The van der Waals surface area contributed by atoms with Crippen LogP contribution in [0.5, 0.6) is 0 Å². The molecule has 1 saturated heterocycles. The summed E-state index contributed by atoms with van der Waals surface area (Å²) in [5.41, 5.74) is 1.57. The van der Waals surface area contributed by atoms with Crippen molar-refractivity contribution >= 4 is 15.9 Å². The van der Waals surface area contributed by atoms with Gasteiger partial charge in [0.25, 0.3) is 11.5 Å². The number of hydrogen-bond donors (Lipinski definition) is 2. The largest absolute Gasteiger partial charge is 0.379 e. The molecule has 9 heteroatoms. The molecule has 0 saturated carbocycles. The van der Waals surface area contributed by atoms with Crippen LogP contribution in [0.3, 0.4) is 0 Å². The average Bonchev–Trinajstić information content (AvgIpc) is 3.15. The molecule has 1 amide bonds. The number of carbonyl (C=O) groups is 1. The summed E-state index contributed by atoms with van der Waals surface area (Å²) in [6.07, 6.45) is 2.65. The predicted molar refractivity (Wildman–Crippen MR) is 92.1 cm³/mol. The summed E-state index contributed by atoms with van der Waals surface area (Å²) in [5, 5.41) is 2.77. The standard InChI is InChI=1S/C16H23N3O5S/c1-19(2)25(22,23)9-11-7-24-8-14(11)18-16(21)12-6-10-4-3-5-13(10)17-15(12)20/h6,11,14H,3-5,7-9H2,1-2H3,(H,17,20)(H,18,21)/t11-,14+/m0/s1. The highest BCUT2D eigenvalue weighted by molar-refractivity contribution is 7.89. The lowest BCUT2D eigenvalue weighted by Gasteiger charge is -2.21. The zero-order chi connectivity index (χ0) is 18.2. The third-order valence-electron chi connectivity index (χ3n) is 4.83. The molecule has 2 N–H and O–H groups in total. The molecule has 8 nitrogen and oxygen atoms in total. The van der Waals surface area contributed by atoms with Gasteiger partial charge in [-0.3, -0.25) is 9.59 Å². The number of fused-ring (bicyclic) bond motifs is 1. The summed E-state index contributed by atoms with van der Waals surface area (Å²) >= 11 is 0. The number of sulfonamides is 1. The minimum atomic E-state index is -3.40. The normalized spacial score (nSPS) is 23.0. The van der Waals surface area contributed by atoms with E-state index in [1.165, 1.54) is 14.1 Å². The molecule has 0 radical (unpaired) electrons. The van der Waals surface area contributed by atoms with Crippen LogP contribution < -0.4 is 10.9 Å². The van der Waals surface area contributed by atoms with Gasteiger partial charge in [0.05, 0.1) is 25.0 Å². The highest BCUT2D eigenvalue weighted by atomic mass is 32.2. The summed E-state index contributed by atoms with van der Waals surface area (Å²) < 4.78 is 30.7. The quantitative estimate of drug-likeness (QED) is 0.727. The molecule has 2 atom stereocenters. The van der Waals surface area contributed by atoms with Crippen molar-refractivity contribution in [3.8, 4) is 0 Å². The first-order valence-corrected chi connectivity index (χ1v) is 9.92. The van der Waals surface area contributed by atoms with Gasteiger partial charge in [0.1, 0.15) is 5.56 Å². The van der Waals surface area contributed by atoms with Crippen molar-refractivity contribution in [3.63, 3.8) is 0 Å². The Morgan fingerprint density at radius 3 is 2.84 bits per heavy atom. The van der Waals surface area contributed by atoms with Gasteiger partial charge in [-0.2, -0.15) is 0 Å². The Kier molecular flexibility index (Phi) is 4.99. The van der Waals surface area contributed by atoms with Crippen molar-refractivity contribution in [2.24, 2.45) is 5.92 Å². The number of carbonyl (C=O) groups excluding carboxylic acids is 1. The zero-order valence-corrected chi connectivity index (χ0v) is 15.2. The maximum absolute atomic E-state index is 12.5. The van der Waals surface area contributed by atoms with Crippen molar-refractivity contribution < 1.29 is 17.9 Å². The van der Waals surface area contributed by atoms with E-state index in [0.29, 0.717) is 0 Å². The number of nitrogens with zero attached hydrogens (tertiary/aromatic N) is 1. The Balaban J connectivity index is 1.73. The average molecular weight is 369 g/mol. The molecule has 3 rings (SSSR count). The van der Waals surface area contributed by atoms with Crippen molar-refractivity contribution in [1.29, 1.82) is 0 Å². The molecule has 138 valence electrons. The minimum absolute atomic E-state index is 0.0711. The van der Waals surface area contributed by atoms with E-state index in [0.717, 1.165) is 34.8 Å². The summed E-state index contributed by atoms with van der Waals surface area (Å²) in [4.78, 5) is 27.4. The first-order valence-electron chi connectivity index (χ1n) is 8.32. The van der Waals surface area contributed by atoms with E-state index in [-0.39, 0.29) is 30.4 Å². The van der Waals surface area contributed by atoms with Gasteiger partial charge in [-0.1, -0.05) is 0 Å². The van der Waals surface area contributed by atoms with Crippen LogP contribution in [-0.2, 0) is 27.6 Å². The molecule has 0 spiro atoms. The Morgan fingerprint density at radius 2 is 2.12 bits per heavy atom. The van der Waals surface area contributed by atoms with Gasteiger partial charge in [-0.05, 0) is 30.9 Å². The lowest BCUT2D eigenvalue weighted by atomic mass is 10.1.